The number of nitrogen functional groups attached to an aromatic ring is 2. The zero-order chi connectivity index (χ0) is 91.9. The standard InChI is InChI=1S/C24H23BrN2O.C16H11F3N4O2.C12H15N3O.C11H13Br2NO.C11H15BrN2O.C10H11Br2NO.C7H5Br2NO.C3H5.BrH.Mg/c1-16-22(25)21(24(28-2)19-13-14-19)20(15-26-16)27-23(17-9-5-3-6-10-17)18-11-7-4-8-12-18;17-16(18,19)13-8-11(10-20-15(13)23-21-6-7-22-23)9-14(24)25-12-4-2-1-3-5-12;1-7-11(14-2)10(9(13)6-15-7)12(16-3)8-4-5-8;1-6-10(13)9(8(12)5-14-6)11(15-2)7-3-4-7;1-6-10(12)9(8(13)5-14-6)11(15-2)7-3-4-7;1-5-9(12)8(7(11)4-13-5)10(14)6-2-3-6;1-4-7(9)5(3-11)6(8)2-10-4;1-2-3-1;;/h3-12,15,19,24H,13-14H2,1-2H3;1-8,10H,9H2;6,8,12H,4-5,13H2,1,3H3;5,7,11H,3-4H2,1-2H3;5,7,11H,3-4,13H2,1-2H3;4,6,10,14H,2-3H2,1H3;2-3H,1H3;1H,2-3H2;1H;/q;;;;;;;-1;;+2/p-1. The van der Waals surface area contributed by atoms with Crippen LogP contribution in [0.1, 0.15) is 202 Å². The normalized spacial score (nSPS) is 15.0. The summed E-state index contributed by atoms with van der Waals surface area (Å²) in [4.78, 5) is 61.0. The molecule has 3 aromatic carbocycles. The predicted molar refractivity (Wildman–Crippen MR) is 521 cm³/mol. The van der Waals surface area contributed by atoms with Crippen LogP contribution in [-0.2, 0) is 36.3 Å². The average molecular weight is 2350 g/mol. The molecule has 8 aromatic heterocycles. The maximum absolute atomic E-state index is 13.3. The van der Waals surface area contributed by atoms with E-state index in [1.54, 1.807) is 83.6 Å². The molecule has 0 bridgehead atoms. The van der Waals surface area contributed by atoms with Crippen molar-refractivity contribution >= 4 is 191 Å². The SMILES string of the molecule is COC(c1c(Br)cnc(C)c1Br)C1CC1.COC(c1c(N)cnc(C)c1Br)C1CC1.COC(c1c(N=C(c2ccccc2)c2ccccc2)cnc(C)c1Br)C1CC1.Cc1ncc(Br)c(C(O)C2CC2)c1Br.Cc1ncc(Br)c(C=O)c1Br.O=C(Cc1cnc(-n2nccn2)c(C(F)(F)F)c1)Oc1ccccc1.[Br-].[C-]#[N+]c1c(C)ncc(N)c1C(OC)C1CC1.[CH-]1CC1.[Mg+2]. The van der Waals surface area contributed by atoms with Gasteiger partial charge in [-0.05, 0) is 287 Å². The number of halogens is 12. The monoisotopic (exact) mass is 2340 g/mol. The van der Waals surface area contributed by atoms with Crippen LogP contribution < -0.4 is 33.2 Å². The molecule has 0 aliphatic heterocycles. The Bertz CT molecular complexity index is 5510. The number of pyridine rings is 7. The van der Waals surface area contributed by atoms with Crippen LogP contribution in [0.5, 0.6) is 5.75 Å². The van der Waals surface area contributed by atoms with Crippen LogP contribution in [-0.4, -0.2) is 124 Å². The molecule has 678 valence electrons. The third-order valence-electron chi connectivity index (χ3n) is 21.1. The van der Waals surface area contributed by atoms with Crippen molar-refractivity contribution in [1.29, 1.82) is 0 Å². The molecule has 5 unspecified atom stereocenters. The van der Waals surface area contributed by atoms with Gasteiger partial charge in [0.2, 0.25) is 5.69 Å². The van der Waals surface area contributed by atoms with Crippen molar-refractivity contribution in [3.63, 3.8) is 0 Å². The van der Waals surface area contributed by atoms with Crippen LogP contribution in [0.15, 0.2) is 194 Å². The number of hydrogen-bond donors (Lipinski definition) is 3. The van der Waals surface area contributed by atoms with Crippen molar-refractivity contribution in [2.24, 2.45) is 34.6 Å². The number of carbonyl (C=O) groups excluding carboxylic acids is 2. The smallest absolute Gasteiger partial charge is 1.00 e. The van der Waals surface area contributed by atoms with Gasteiger partial charge in [-0.2, -0.15) is 23.4 Å². The number of esters is 1. The predicted octanol–water partition coefficient (Wildman–Crippen LogP) is 22.4. The van der Waals surface area contributed by atoms with Gasteiger partial charge in [-0.1, -0.05) is 78.9 Å². The molecule has 0 radical (unpaired) electrons. The number of hydrogen-bond acceptors (Lipinski definition) is 20. The number of anilines is 2. The summed E-state index contributed by atoms with van der Waals surface area (Å²) in [6, 6.07) is 29.7. The van der Waals surface area contributed by atoms with Crippen molar-refractivity contribution in [1.82, 2.24) is 49.9 Å². The summed E-state index contributed by atoms with van der Waals surface area (Å²) in [6.07, 6.45) is 26.7. The van der Waals surface area contributed by atoms with E-state index in [0.717, 1.165) is 153 Å². The van der Waals surface area contributed by atoms with E-state index in [9.17, 15) is 27.9 Å². The zero-order valence-electron chi connectivity index (χ0n) is 72.6. The second-order valence-electron chi connectivity index (χ2n) is 30.8. The van der Waals surface area contributed by atoms with Gasteiger partial charge in [0, 0.05) is 147 Å². The number of rotatable bonds is 22. The summed E-state index contributed by atoms with van der Waals surface area (Å²) in [6.45, 7) is 18.8. The number of carbonyl (C=O) groups is 2. The first-order chi connectivity index (χ1) is 60.9. The summed E-state index contributed by atoms with van der Waals surface area (Å²) in [5, 5.41) is 17.4. The number of aliphatic hydroxyl groups is 1. The molecule has 22 nitrogen and oxygen atoms in total. The minimum absolute atomic E-state index is 0. The van der Waals surface area contributed by atoms with Crippen LogP contribution in [0.2, 0.25) is 0 Å². The largest absolute Gasteiger partial charge is 2.00 e. The molecular weight excluding hydrogens is 2250 g/mol. The average Bonchev–Trinajstić information content (AvgIpc) is 1.77. The van der Waals surface area contributed by atoms with Crippen molar-refractivity contribution < 1.29 is 68.5 Å². The van der Waals surface area contributed by atoms with E-state index in [2.05, 4.69) is 208 Å². The molecule has 0 saturated heterocycles. The number of benzene rings is 3. The fraction of sp³-hybridized carbons (Fsp3) is 0.362. The van der Waals surface area contributed by atoms with Crippen LogP contribution in [0.4, 0.5) is 35.9 Å². The van der Waals surface area contributed by atoms with E-state index in [4.69, 9.17) is 46.7 Å². The molecular formula is C94H98Br9F3MgN14O8. The summed E-state index contributed by atoms with van der Waals surface area (Å²) in [5.41, 5.74) is 27.8. The Labute approximate surface area is 845 Å². The van der Waals surface area contributed by atoms with E-state index >= 15 is 0 Å². The molecule has 11 aromatic rings. The second kappa shape index (κ2) is 51.8. The summed E-state index contributed by atoms with van der Waals surface area (Å²) >= 11 is 27.8. The number of para-hydroxylation sites is 1. The van der Waals surface area contributed by atoms with Crippen molar-refractivity contribution in [2.45, 2.75) is 162 Å². The van der Waals surface area contributed by atoms with Gasteiger partial charge in [0.05, 0.1) is 118 Å². The van der Waals surface area contributed by atoms with Crippen LogP contribution in [0, 0.1) is 84.1 Å². The summed E-state index contributed by atoms with van der Waals surface area (Å²) in [7, 11) is 6.97. The number of alkyl halides is 3. The number of aromatic nitrogens is 10. The van der Waals surface area contributed by atoms with Crippen LogP contribution in [0.3, 0.4) is 0 Å². The minimum atomic E-state index is -4.67. The van der Waals surface area contributed by atoms with Crippen molar-refractivity contribution in [3.8, 4) is 11.6 Å². The molecule has 6 aliphatic rings. The Morgan fingerprint density at radius 2 is 0.915 bits per heavy atom. The van der Waals surface area contributed by atoms with Crippen LogP contribution >= 0.6 is 127 Å². The van der Waals surface area contributed by atoms with Gasteiger partial charge in [0.25, 0.3) is 0 Å². The quantitative estimate of drug-likeness (QED) is 0.0142. The number of aryl methyl sites for hydroxylation is 6. The third kappa shape index (κ3) is 30.7. The molecule has 5 atom stereocenters. The molecule has 35 heteroatoms. The number of nitrogens with two attached hydrogens (primary N) is 2. The van der Waals surface area contributed by atoms with Gasteiger partial charge in [-0.25, -0.2) is 27.7 Å². The Morgan fingerprint density at radius 1 is 0.535 bits per heavy atom. The Balaban J connectivity index is 0.000000188. The van der Waals surface area contributed by atoms with E-state index in [-0.39, 0.29) is 82.5 Å². The first kappa shape index (κ1) is 108. The number of aliphatic imine (C=N–C) groups is 1. The van der Waals surface area contributed by atoms with Gasteiger partial charge in [0.1, 0.15) is 11.3 Å². The molecule has 8 heterocycles. The Morgan fingerprint density at radius 3 is 1.35 bits per heavy atom. The number of aldehydes is 1. The van der Waals surface area contributed by atoms with E-state index < -0.39 is 23.5 Å². The van der Waals surface area contributed by atoms with Gasteiger partial charge in [-0.3, -0.25) is 39.5 Å². The zero-order valence-corrected chi connectivity index (χ0v) is 88.3. The maximum atomic E-state index is 13.3. The number of aliphatic hydroxyl groups excluding tert-OH is 1. The summed E-state index contributed by atoms with van der Waals surface area (Å²) in [5.74, 6) is 1.95. The van der Waals surface area contributed by atoms with Crippen LogP contribution in [0.25, 0.3) is 10.7 Å². The van der Waals surface area contributed by atoms with Gasteiger partial charge < -0.3 is 63.7 Å². The van der Waals surface area contributed by atoms with Gasteiger partial charge >= 0.3 is 35.2 Å². The second-order valence-corrected chi connectivity index (χ2v) is 37.4. The fourth-order valence-electron chi connectivity index (χ4n) is 13.5. The molecule has 129 heavy (non-hydrogen) atoms. The third-order valence-corrected chi connectivity index (χ3v) is 28.0. The minimum Gasteiger partial charge on any atom is -1.00 e. The number of ether oxygens (including phenoxy) is 5. The fourth-order valence-corrected chi connectivity index (χ4v) is 18.3. The first-order valence-electron chi connectivity index (χ1n) is 40.9. The molecule has 0 amide bonds. The van der Waals surface area contributed by atoms with E-state index in [1.165, 1.54) is 75.5 Å². The Hall–Kier alpha value is -6.57. The number of nitrogens with zero attached hydrogens (tertiary/aromatic N) is 12. The van der Waals surface area contributed by atoms with Crippen molar-refractivity contribution in [3.05, 3.63) is 296 Å². The Kier molecular flexibility index (Phi) is 43.2. The molecule has 6 saturated carbocycles. The molecule has 17 rings (SSSR count). The van der Waals surface area contributed by atoms with Gasteiger partial charge in [-0.15, -0.1) is 4.80 Å². The van der Waals surface area contributed by atoms with Gasteiger partial charge in [0.15, 0.2) is 12.1 Å². The molecule has 0 spiro atoms. The van der Waals surface area contributed by atoms with E-state index in [0.29, 0.717) is 62.4 Å². The number of methoxy groups -OCH3 is 4. The molecule has 6 aliphatic carbocycles. The van der Waals surface area contributed by atoms with Crippen molar-refractivity contribution in [2.75, 3.05) is 39.9 Å². The molecule has 5 N–H and O–H groups in total. The first-order valence-corrected chi connectivity index (χ1v) is 47.3. The topological polar surface area (TPSA) is 290 Å². The summed E-state index contributed by atoms with van der Waals surface area (Å²) < 4.78 is 74.8. The van der Waals surface area contributed by atoms with E-state index in [1.807, 2.05) is 90.3 Å². The molecule has 6 fully saturated rings. The maximum Gasteiger partial charge on any atom is 2.00 e.